The third-order valence-electron chi connectivity index (χ3n) is 8.20. The van der Waals surface area contributed by atoms with Crippen LogP contribution in [0.15, 0.2) is 54.9 Å². The Kier molecular flexibility index (Phi) is 9.48. The quantitative estimate of drug-likeness (QED) is 0.167. The number of benzene rings is 2. The molecule has 1 saturated heterocycles. The number of nitro groups is 1. The number of piperazine rings is 1. The molecule has 226 valence electrons. The Hall–Kier alpha value is -4.54. The van der Waals surface area contributed by atoms with E-state index in [2.05, 4.69) is 29.0 Å². The molecule has 1 unspecified atom stereocenters. The third kappa shape index (κ3) is 7.10. The fourth-order valence-corrected chi connectivity index (χ4v) is 5.41. The predicted octanol–water partition coefficient (Wildman–Crippen LogP) is 5.68. The fraction of sp³-hybridized carbons (Fsp3) is 0.438. The fourth-order valence-electron chi connectivity index (χ4n) is 5.41. The Labute approximate surface area is 252 Å². The van der Waals surface area contributed by atoms with E-state index in [0.717, 1.165) is 30.5 Å². The lowest BCUT2D eigenvalue weighted by molar-refractivity contribution is -0.384. The summed E-state index contributed by atoms with van der Waals surface area (Å²) in [7, 11) is 0. The van der Waals surface area contributed by atoms with Gasteiger partial charge in [-0.25, -0.2) is 4.98 Å². The summed E-state index contributed by atoms with van der Waals surface area (Å²) < 4.78 is 1.96. The Balaban J connectivity index is 1.39. The Bertz CT molecular complexity index is 1540. The van der Waals surface area contributed by atoms with Crippen molar-refractivity contribution in [3.8, 4) is 0 Å². The van der Waals surface area contributed by atoms with Crippen LogP contribution in [0.4, 0.5) is 17.5 Å². The summed E-state index contributed by atoms with van der Waals surface area (Å²) in [5, 5.41) is 14.7. The topological polar surface area (TPSA) is 122 Å². The smallest absolute Gasteiger partial charge is 0.269 e. The molecular weight excluding hydrogens is 544 g/mol. The summed E-state index contributed by atoms with van der Waals surface area (Å²) >= 11 is 0. The van der Waals surface area contributed by atoms with E-state index in [1.165, 1.54) is 25.0 Å². The number of aryl methyl sites for hydroxylation is 1. The molecule has 3 heterocycles. The zero-order chi connectivity index (χ0) is 30.3. The molecule has 0 bridgehead atoms. The standard InChI is InChI=1S/C32H40N8O3/c1-4-6-7-24(5-2)20-33-29-28-30(39(22-34-28)21-25-10-14-27(15-11-25)40(42)43)36-32(35-29)38-18-16-37(17-19-38)31(41)26-12-8-23(3)9-13-26/h8-15,22,24H,4-7,16-21H2,1-3H3,(H,33,35,36). The normalized spacial score (nSPS) is 14.2. The van der Waals surface area contributed by atoms with Crippen molar-refractivity contribution in [2.75, 3.05) is 42.9 Å². The van der Waals surface area contributed by atoms with Crippen molar-refractivity contribution in [1.82, 2.24) is 24.4 Å². The predicted molar refractivity (Wildman–Crippen MR) is 169 cm³/mol. The minimum atomic E-state index is -0.397. The number of carbonyl (C=O) groups excluding carboxylic acids is 1. The highest BCUT2D eigenvalue weighted by molar-refractivity contribution is 5.94. The van der Waals surface area contributed by atoms with E-state index in [9.17, 15) is 14.9 Å². The first-order valence-electron chi connectivity index (χ1n) is 15.2. The molecule has 2 aromatic carbocycles. The van der Waals surface area contributed by atoms with Crippen molar-refractivity contribution in [3.05, 3.63) is 81.7 Å². The number of nitrogens with one attached hydrogen (secondary N) is 1. The van der Waals surface area contributed by atoms with Crippen LogP contribution in [0.1, 0.15) is 61.0 Å². The van der Waals surface area contributed by atoms with Crippen LogP contribution in [0.3, 0.4) is 0 Å². The van der Waals surface area contributed by atoms with E-state index in [1.54, 1.807) is 18.5 Å². The maximum atomic E-state index is 13.1. The molecular formula is C32H40N8O3. The van der Waals surface area contributed by atoms with E-state index in [4.69, 9.17) is 9.97 Å². The maximum absolute atomic E-state index is 13.1. The number of amides is 1. The van der Waals surface area contributed by atoms with Crippen molar-refractivity contribution in [2.24, 2.45) is 5.92 Å². The van der Waals surface area contributed by atoms with Gasteiger partial charge in [-0.3, -0.25) is 14.9 Å². The minimum Gasteiger partial charge on any atom is -0.368 e. The number of non-ortho nitro benzene ring substituents is 1. The first kappa shape index (κ1) is 29.9. The molecule has 0 saturated carbocycles. The molecule has 1 aliphatic heterocycles. The van der Waals surface area contributed by atoms with Gasteiger partial charge in [-0.15, -0.1) is 0 Å². The van der Waals surface area contributed by atoms with Gasteiger partial charge >= 0.3 is 0 Å². The molecule has 0 radical (unpaired) electrons. The lowest BCUT2D eigenvalue weighted by Crippen LogP contribution is -2.49. The summed E-state index contributed by atoms with van der Waals surface area (Å²) in [6, 6.07) is 14.2. The number of unbranched alkanes of at least 4 members (excludes halogenated alkanes) is 1. The van der Waals surface area contributed by atoms with Crippen molar-refractivity contribution in [2.45, 2.75) is 53.0 Å². The van der Waals surface area contributed by atoms with Gasteiger partial charge in [0, 0.05) is 50.4 Å². The zero-order valence-electron chi connectivity index (χ0n) is 25.2. The number of aromatic nitrogens is 4. The molecule has 1 fully saturated rings. The number of anilines is 2. The van der Waals surface area contributed by atoms with Gasteiger partial charge in [-0.1, -0.05) is 62.9 Å². The second kappa shape index (κ2) is 13.6. The SMILES string of the molecule is CCCCC(CC)CNc1nc(N2CCN(C(=O)c3ccc(C)cc3)CC2)nc2c1ncn2Cc1ccc([N+](=O)[O-])cc1. The molecule has 11 nitrogen and oxygen atoms in total. The third-order valence-corrected chi connectivity index (χ3v) is 8.20. The van der Waals surface area contributed by atoms with Gasteiger partial charge in [-0.2, -0.15) is 9.97 Å². The Morgan fingerprint density at radius 1 is 1.02 bits per heavy atom. The highest BCUT2D eigenvalue weighted by Gasteiger charge is 2.25. The lowest BCUT2D eigenvalue weighted by Gasteiger charge is -2.35. The van der Waals surface area contributed by atoms with Crippen LogP contribution in [-0.2, 0) is 6.54 Å². The zero-order valence-corrected chi connectivity index (χ0v) is 25.2. The van der Waals surface area contributed by atoms with E-state index in [1.807, 2.05) is 40.7 Å². The van der Waals surface area contributed by atoms with Crippen molar-refractivity contribution >= 4 is 34.5 Å². The molecule has 0 spiro atoms. The van der Waals surface area contributed by atoms with Gasteiger partial charge in [0.25, 0.3) is 11.6 Å². The second-order valence-electron chi connectivity index (χ2n) is 11.3. The van der Waals surface area contributed by atoms with Crippen molar-refractivity contribution in [3.63, 3.8) is 0 Å². The van der Waals surface area contributed by atoms with Crippen LogP contribution in [-0.4, -0.2) is 68.0 Å². The number of rotatable bonds is 12. The molecule has 43 heavy (non-hydrogen) atoms. The van der Waals surface area contributed by atoms with Crippen molar-refractivity contribution < 1.29 is 9.72 Å². The molecule has 5 rings (SSSR count). The molecule has 0 aliphatic carbocycles. The summed E-state index contributed by atoms with van der Waals surface area (Å²) in [5.41, 5.74) is 4.20. The second-order valence-corrected chi connectivity index (χ2v) is 11.3. The molecule has 4 aromatic rings. The van der Waals surface area contributed by atoms with Crippen LogP contribution in [0.25, 0.3) is 11.2 Å². The summed E-state index contributed by atoms with van der Waals surface area (Å²) in [6.07, 6.45) is 6.36. The largest absolute Gasteiger partial charge is 0.368 e. The van der Waals surface area contributed by atoms with Crippen LogP contribution in [0, 0.1) is 23.0 Å². The average Bonchev–Trinajstić information content (AvgIpc) is 3.44. The number of nitro benzene ring substituents is 1. The number of hydrogen-bond acceptors (Lipinski definition) is 8. The molecule has 11 heteroatoms. The number of imidazole rings is 1. The number of hydrogen-bond donors (Lipinski definition) is 1. The summed E-state index contributed by atoms with van der Waals surface area (Å²) in [6.45, 7) is 10.1. The summed E-state index contributed by atoms with van der Waals surface area (Å²) in [4.78, 5) is 42.4. The van der Waals surface area contributed by atoms with Gasteiger partial charge in [0.2, 0.25) is 5.95 Å². The molecule has 1 amide bonds. The van der Waals surface area contributed by atoms with Gasteiger partial charge in [0.05, 0.1) is 17.8 Å². The highest BCUT2D eigenvalue weighted by atomic mass is 16.6. The van der Waals surface area contributed by atoms with Crippen molar-refractivity contribution in [1.29, 1.82) is 0 Å². The highest BCUT2D eigenvalue weighted by Crippen LogP contribution is 2.26. The van der Waals surface area contributed by atoms with Crippen LogP contribution in [0.5, 0.6) is 0 Å². The monoisotopic (exact) mass is 584 g/mol. The first-order valence-corrected chi connectivity index (χ1v) is 15.2. The number of fused-ring (bicyclic) bond motifs is 1. The average molecular weight is 585 g/mol. The first-order chi connectivity index (χ1) is 20.9. The van der Waals surface area contributed by atoms with Gasteiger partial charge in [0.1, 0.15) is 0 Å². The van der Waals surface area contributed by atoms with Gasteiger partial charge in [0.15, 0.2) is 17.0 Å². The molecule has 1 atom stereocenters. The lowest BCUT2D eigenvalue weighted by atomic mass is 9.99. The van der Waals surface area contributed by atoms with E-state index < -0.39 is 4.92 Å². The Morgan fingerprint density at radius 3 is 2.40 bits per heavy atom. The minimum absolute atomic E-state index is 0.0391. The van der Waals surface area contributed by atoms with E-state index >= 15 is 0 Å². The Morgan fingerprint density at radius 2 is 1.74 bits per heavy atom. The number of carbonyl (C=O) groups is 1. The number of nitrogens with zero attached hydrogens (tertiary/aromatic N) is 7. The van der Waals surface area contributed by atoms with Gasteiger partial charge < -0.3 is 19.7 Å². The van der Waals surface area contributed by atoms with Crippen LogP contribution >= 0.6 is 0 Å². The molecule has 2 aromatic heterocycles. The molecule has 1 aliphatic rings. The maximum Gasteiger partial charge on any atom is 0.269 e. The molecule has 1 N–H and O–H groups in total. The van der Waals surface area contributed by atoms with Crippen LogP contribution < -0.4 is 10.2 Å². The van der Waals surface area contributed by atoms with Crippen LogP contribution in [0.2, 0.25) is 0 Å². The van der Waals surface area contributed by atoms with E-state index in [-0.39, 0.29) is 11.6 Å². The van der Waals surface area contributed by atoms with E-state index in [0.29, 0.717) is 67.1 Å². The summed E-state index contributed by atoms with van der Waals surface area (Å²) in [5.74, 6) is 1.88. The van der Waals surface area contributed by atoms with Gasteiger partial charge in [-0.05, 0) is 37.0 Å².